The summed E-state index contributed by atoms with van der Waals surface area (Å²) in [6.07, 6.45) is 0.541. The van der Waals surface area contributed by atoms with E-state index in [-0.39, 0.29) is 5.56 Å². The van der Waals surface area contributed by atoms with Gasteiger partial charge in [-0.05, 0) is 43.2 Å². The summed E-state index contributed by atoms with van der Waals surface area (Å²) in [4.78, 5) is 11.9. The van der Waals surface area contributed by atoms with Crippen molar-refractivity contribution in [3.63, 3.8) is 0 Å². The van der Waals surface area contributed by atoms with Crippen LogP contribution in [0.3, 0.4) is 0 Å². The summed E-state index contributed by atoms with van der Waals surface area (Å²) >= 11 is 0. The van der Waals surface area contributed by atoms with E-state index in [1.807, 2.05) is 38.1 Å². The molecule has 3 aromatic rings. The number of carbonyl (C=O) groups is 1. The minimum Gasteiger partial charge on any atom is -0.478 e. The van der Waals surface area contributed by atoms with Crippen LogP contribution in [0.4, 0.5) is 0 Å². The molecule has 5 heteroatoms. The summed E-state index contributed by atoms with van der Waals surface area (Å²) in [7, 11) is 0. The van der Waals surface area contributed by atoms with Crippen LogP contribution in [0.25, 0.3) is 16.9 Å². The van der Waals surface area contributed by atoms with E-state index in [1.165, 1.54) is 0 Å². The number of benzene rings is 2. The van der Waals surface area contributed by atoms with Crippen molar-refractivity contribution in [2.75, 3.05) is 0 Å². The molecule has 1 N–H and O–H groups in total. The first-order chi connectivity index (χ1) is 12.0. The average Bonchev–Trinajstić information content (AvgIpc) is 3.01. The summed E-state index contributed by atoms with van der Waals surface area (Å²) in [5, 5.41) is 23.3. The van der Waals surface area contributed by atoms with Crippen molar-refractivity contribution in [1.29, 1.82) is 5.26 Å². The fourth-order valence-electron chi connectivity index (χ4n) is 2.88. The van der Waals surface area contributed by atoms with Crippen LogP contribution in [0.2, 0.25) is 0 Å². The molecule has 0 aliphatic heterocycles. The van der Waals surface area contributed by atoms with Gasteiger partial charge in [0.15, 0.2) is 0 Å². The molecule has 0 bridgehead atoms. The molecule has 5 nitrogen and oxygen atoms in total. The van der Waals surface area contributed by atoms with Crippen molar-refractivity contribution in [3.8, 4) is 23.0 Å². The van der Waals surface area contributed by atoms with Gasteiger partial charge in [-0.1, -0.05) is 31.2 Å². The number of rotatable bonds is 4. The van der Waals surface area contributed by atoms with Gasteiger partial charge in [0.2, 0.25) is 0 Å². The van der Waals surface area contributed by atoms with E-state index in [0.717, 1.165) is 11.3 Å². The molecule has 0 fully saturated rings. The third-order valence-electron chi connectivity index (χ3n) is 4.06. The Morgan fingerprint density at radius 3 is 2.52 bits per heavy atom. The van der Waals surface area contributed by atoms with Crippen LogP contribution in [0.5, 0.6) is 0 Å². The second kappa shape index (κ2) is 6.62. The number of hydrogen-bond donors (Lipinski definition) is 1. The topological polar surface area (TPSA) is 78.9 Å². The van der Waals surface area contributed by atoms with E-state index in [2.05, 4.69) is 11.2 Å². The Labute approximate surface area is 145 Å². The molecular formula is C20H17N3O2. The van der Waals surface area contributed by atoms with Crippen molar-refractivity contribution >= 4 is 5.97 Å². The molecule has 0 unspecified atom stereocenters. The van der Waals surface area contributed by atoms with Gasteiger partial charge in [0.05, 0.1) is 23.0 Å². The van der Waals surface area contributed by atoms with Crippen molar-refractivity contribution < 1.29 is 9.90 Å². The van der Waals surface area contributed by atoms with Gasteiger partial charge in [-0.25, -0.2) is 9.48 Å². The van der Waals surface area contributed by atoms with Gasteiger partial charge in [-0.15, -0.1) is 0 Å². The van der Waals surface area contributed by atoms with Crippen LogP contribution in [0.1, 0.15) is 34.1 Å². The zero-order valence-corrected chi connectivity index (χ0v) is 14.0. The predicted octanol–water partition coefficient (Wildman–Crippen LogP) is 3.98. The normalized spacial score (nSPS) is 10.4. The summed E-state index contributed by atoms with van der Waals surface area (Å²) in [5.74, 6) is -1.00. The average molecular weight is 331 g/mol. The maximum Gasteiger partial charge on any atom is 0.339 e. The molecule has 0 saturated carbocycles. The van der Waals surface area contributed by atoms with Gasteiger partial charge in [-0.3, -0.25) is 0 Å². The van der Waals surface area contributed by atoms with E-state index in [1.54, 1.807) is 28.9 Å². The lowest BCUT2D eigenvalue weighted by Crippen LogP contribution is -2.05. The molecule has 25 heavy (non-hydrogen) atoms. The number of hydrogen-bond acceptors (Lipinski definition) is 3. The van der Waals surface area contributed by atoms with Crippen LogP contribution >= 0.6 is 0 Å². The number of carboxylic acid groups (broad SMARTS) is 1. The Morgan fingerprint density at radius 2 is 1.96 bits per heavy atom. The SMILES string of the molecule is CCc1c(C(=O)O)c(-c2ccc(C#N)cc2)nn1-c1cccc(C)c1. The van der Waals surface area contributed by atoms with Crippen LogP contribution < -0.4 is 0 Å². The van der Waals surface area contributed by atoms with Crippen molar-refractivity contribution in [1.82, 2.24) is 9.78 Å². The number of aromatic carboxylic acids is 1. The van der Waals surface area contributed by atoms with Crippen LogP contribution in [0.15, 0.2) is 48.5 Å². The van der Waals surface area contributed by atoms with Crippen LogP contribution in [-0.4, -0.2) is 20.9 Å². The second-order valence-electron chi connectivity index (χ2n) is 5.77. The largest absolute Gasteiger partial charge is 0.478 e. The van der Waals surface area contributed by atoms with Crippen molar-refractivity contribution in [3.05, 3.63) is 70.9 Å². The first-order valence-corrected chi connectivity index (χ1v) is 7.98. The van der Waals surface area contributed by atoms with E-state index in [9.17, 15) is 9.90 Å². The molecule has 3 rings (SSSR count). The smallest absolute Gasteiger partial charge is 0.339 e. The third-order valence-corrected chi connectivity index (χ3v) is 4.06. The molecular weight excluding hydrogens is 314 g/mol. The molecule has 0 spiro atoms. The van der Waals surface area contributed by atoms with E-state index in [4.69, 9.17) is 5.26 Å². The minimum absolute atomic E-state index is 0.203. The van der Waals surface area contributed by atoms with Gasteiger partial charge >= 0.3 is 5.97 Å². The zero-order chi connectivity index (χ0) is 18.0. The van der Waals surface area contributed by atoms with Crippen molar-refractivity contribution in [2.45, 2.75) is 20.3 Å². The maximum absolute atomic E-state index is 11.9. The Kier molecular flexibility index (Phi) is 4.36. The Hall–Kier alpha value is -3.39. The first kappa shape index (κ1) is 16.5. The molecule has 0 amide bonds. The number of aromatic nitrogens is 2. The van der Waals surface area contributed by atoms with E-state index in [0.29, 0.717) is 28.9 Å². The molecule has 0 aliphatic rings. The molecule has 0 radical (unpaired) electrons. The minimum atomic E-state index is -1.00. The standard InChI is InChI=1S/C20H17N3O2/c1-3-17-18(20(24)25)19(15-9-7-14(12-21)8-10-15)22-23(17)16-6-4-5-13(2)11-16/h4-11H,3H2,1-2H3,(H,24,25). The molecule has 0 aliphatic carbocycles. The van der Waals surface area contributed by atoms with Gasteiger partial charge in [-0.2, -0.15) is 10.4 Å². The molecule has 124 valence electrons. The van der Waals surface area contributed by atoms with Gasteiger partial charge in [0, 0.05) is 5.56 Å². The van der Waals surface area contributed by atoms with Gasteiger partial charge < -0.3 is 5.11 Å². The highest BCUT2D eigenvalue weighted by Gasteiger charge is 2.24. The highest BCUT2D eigenvalue weighted by molar-refractivity contribution is 5.96. The summed E-state index contributed by atoms with van der Waals surface area (Å²) in [6.45, 7) is 3.90. The first-order valence-electron chi connectivity index (χ1n) is 7.98. The number of nitrogens with zero attached hydrogens (tertiary/aromatic N) is 3. The Balaban J connectivity index is 2.25. The van der Waals surface area contributed by atoms with Crippen LogP contribution in [-0.2, 0) is 6.42 Å². The number of nitriles is 1. The fraction of sp³-hybridized carbons (Fsp3) is 0.150. The highest BCUT2D eigenvalue weighted by Crippen LogP contribution is 2.28. The van der Waals surface area contributed by atoms with E-state index < -0.39 is 5.97 Å². The zero-order valence-electron chi connectivity index (χ0n) is 14.0. The summed E-state index contributed by atoms with van der Waals surface area (Å²) in [6, 6.07) is 16.6. The lowest BCUT2D eigenvalue weighted by molar-refractivity contribution is 0.0696. The number of carboxylic acids is 1. The lowest BCUT2D eigenvalue weighted by atomic mass is 10.0. The molecule has 1 aromatic heterocycles. The van der Waals surface area contributed by atoms with Gasteiger partial charge in [0.1, 0.15) is 11.3 Å². The second-order valence-corrected chi connectivity index (χ2v) is 5.77. The van der Waals surface area contributed by atoms with E-state index >= 15 is 0 Å². The third kappa shape index (κ3) is 3.02. The lowest BCUT2D eigenvalue weighted by Gasteiger charge is -2.07. The predicted molar refractivity (Wildman–Crippen MR) is 94.8 cm³/mol. The Morgan fingerprint density at radius 1 is 1.24 bits per heavy atom. The molecule has 1 heterocycles. The molecule has 2 aromatic carbocycles. The molecule has 0 saturated heterocycles. The summed E-state index contributed by atoms with van der Waals surface area (Å²) in [5.41, 5.74) is 4.37. The molecule has 0 atom stereocenters. The maximum atomic E-state index is 11.9. The quantitative estimate of drug-likeness (QED) is 0.784. The monoisotopic (exact) mass is 331 g/mol. The van der Waals surface area contributed by atoms with Crippen molar-refractivity contribution in [2.24, 2.45) is 0 Å². The van der Waals surface area contributed by atoms with Crippen LogP contribution in [0, 0.1) is 18.3 Å². The van der Waals surface area contributed by atoms with Gasteiger partial charge in [0.25, 0.3) is 0 Å². The highest BCUT2D eigenvalue weighted by atomic mass is 16.4. The fourth-order valence-corrected chi connectivity index (χ4v) is 2.88. The Bertz CT molecular complexity index is 979. The summed E-state index contributed by atoms with van der Waals surface area (Å²) < 4.78 is 1.70. The number of aryl methyl sites for hydroxylation is 1.